The van der Waals surface area contributed by atoms with Crippen LogP contribution in [0, 0.1) is 5.92 Å². The Kier molecular flexibility index (Phi) is 4.73. The van der Waals surface area contributed by atoms with Crippen LogP contribution in [0.2, 0.25) is 0 Å². The Hall–Kier alpha value is -1.31. The molecule has 0 spiro atoms. The van der Waals surface area contributed by atoms with E-state index in [2.05, 4.69) is 13.8 Å². The number of esters is 1. The van der Waals surface area contributed by atoms with E-state index in [9.17, 15) is 4.79 Å². The summed E-state index contributed by atoms with van der Waals surface area (Å²) in [5, 5.41) is 0. The first-order chi connectivity index (χ1) is 8.05. The minimum atomic E-state index is -0.470. The summed E-state index contributed by atoms with van der Waals surface area (Å²) in [5.41, 5.74) is 0.613. The first kappa shape index (κ1) is 13.8. The second-order valence-corrected chi connectivity index (χ2v) is 4.64. The second kappa shape index (κ2) is 5.85. The van der Waals surface area contributed by atoms with Gasteiger partial charge in [0.05, 0.1) is 5.92 Å². The maximum Gasteiger partial charge on any atom is 0.309 e. The highest BCUT2D eigenvalue weighted by Crippen LogP contribution is 2.33. The summed E-state index contributed by atoms with van der Waals surface area (Å²) in [4.78, 5) is 11.8. The number of rotatable bonds is 5. The van der Waals surface area contributed by atoms with Gasteiger partial charge in [0.1, 0.15) is 5.60 Å². The zero-order chi connectivity index (χ0) is 12.9. The van der Waals surface area contributed by atoms with Gasteiger partial charge in [-0.2, -0.15) is 0 Å². The highest BCUT2D eigenvalue weighted by atomic mass is 16.6. The molecular weight excluding hydrogens is 212 g/mol. The van der Waals surface area contributed by atoms with Crippen LogP contribution in [0.4, 0.5) is 0 Å². The van der Waals surface area contributed by atoms with Gasteiger partial charge >= 0.3 is 5.97 Å². The molecule has 0 heterocycles. The fourth-order valence-corrected chi connectivity index (χ4v) is 1.91. The molecule has 0 radical (unpaired) electrons. The molecule has 0 atom stereocenters. The Bertz CT molecular complexity index is 350. The van der Waals surface area contributed by atoms with Gasteiger partial charge in [-0.1, -0.05) is 58.0 Å². The van der Waals surface area contributed by atoms with Crippen molar-refractivity contribution in [2.45, 2.75) is 46.1 Å². The lowest BCUT2D eigenvalue weighted by atomic mass is 9.88. The summed E-state index contributed by atoms with van der Waals surface area (Å²) in [6, 6.07) is 10.0. The van der Waals surface area contributed by atoms with Gasteiger partial charge in [-0.25, -0.2) is 0 Å². The van der Waals surface area contributed by atoms with Gasteiger partial charge in [0, 0.05) is 0 Å². The predicted molar refractivity (Wildman–Crippen MR) is 69.6 cm³/mol. The van der Waals surface area contributed by atoms with Crippen molar-refractivity contribution in [1.29, 1.82) is 0 Å². The van der Waals surface area contributed by atoms with Crippen molar-refractivity contribution in [2.24, 2.45) is 5.92 Å². The Morgan fingerprint density at radius 3 is 2.12 bits per heavy atom. The monoisotopic (exact) mass is 234 g/mol. The summed E-state index contributed by atoms with van der Waals surface area (Å²) in [5.74, 6) is -0.214. The summed E-state index contributed by atoms with van der Waals surface area (Å²) in [6.07, 6.45) is 1.60. The topological polar surface area (TPSA) is 26.3 Å². The van der Waals surface area contributed by atoms with E-state index in [0.29, 0.717) is 0 Å². The molecular formula is C15H22O2. The van der Waals surface area contributed by atoms with Gasteiger partial charge in [-0.3, -0.25) is 4.79 Å². The highest BCUT2D eigenvalue weighted by Gasteiger charge is 2.33. The zero-order valence-electron chi connectivity index (χ0n) is 11.2. The van der Waals surface area contributed by atoms with Crippen molar-refractivity contribution < 1.29 is 9.53 Å². The van der Waals surface area contributed by atoms with Crippen LogP contribution in [0.5, 0.6) is 0 Å². The van der Waals surface area contributed by atoms with E-state index in [4.69, 9.17) is 4.74 Å². The Morgan fingerprint density at radius 2 is 1.71 bits per heavy atom. The molecule has 0 bridgehead atoms. The average molecular weight is 234 g/mol. The fourth-order valence-electron chi connectivity index (χ4n) is 1.91. The number of hydrogen-bond acceptors (Lipinski definition) is 2. The van der Waals surface area contributed by atoms with Crippen molar-refractivity contribution >= 4 is 5.97 Å². The second-order valence-electron chi connectivity index (χ2n) is 4.64. The van der Waals surface area contributed by atoms with E-state index in [1.54, 1.807) is 0 Å². The van der Waals surface area contributed by atoms with Crippen molar-refractivity contribution in [3.8, 4) is 0 Å². The average Bonchev–Trinajstić information content (AvgIpc) is 2.36. The minimum Gasteiger partial charge on any atom is -0.454 e. The molecule has 1 aromatic carbocycles. The maximum atomic E-state index is 11.8. The number of benzene rings is 1. The van der Waals surface area contributed by atoms with Crippen LogP contribution in [-0.4, -0.2) is 5.97 Å². The molecule has 0 unspecified atom stereocenters. The smallest absolute Gasteiger partial charge is 0.309 e. The molecule has 1 rings (SSSR count). The van der Waals surface area contributed by atoms with Crippen molar-refractivity contribution in [1.82, 2.24) is 0 Å². The lowest BCUT2D eigenvalue weighted by Crippen LogP contribution is -2.32. The standard InChI is InChI=1S/C15H22O2/c1-5-15(6-2,17-14(16)12(3)4)13-10-8-7-9-11-13/h7-12H,5-6H2,1-4H3. The third kappa shape index (κ3) is 3.09. The highest BCUT2D eigenvalue weighted by molar-refractivity contribution is 5.72. The molecule has 0 saturated heterocycles. The molecule has 0 amide bonds. The summed E-state index contributed by atoms with van der Waals surface area (Å²) in [6.45, 7) is 7.85. The van der Waals surface area contributed by atoms with Crippen LogP contribution in [0.15, 0.2) is 30.3 Å². The molecule has 2 nitrogen and oxygen atoms in total. The van der Waals surface area contributed by atoms with Crippen molar-refractivity contribution in [3.05, 3.63) is 35.9 Å². The Balaban J connectivity index is 3.02. The summed E-state index contributed by atoms with van der Waals surface area (Å²) >= 11 is 0. The van der Waals surface area contributed by atoms with E-state index in [-0.39, 0.29) is 11.9 Å². The Morgan fingerprint density at radius 1 is 1.18 bits per heavy atom. The van der Waals surface area contributed by atoms with Gasteiger partial charge in [0.2, 0.25) is 0 Å². The van der Waals surface area contributed by atoms with E-state index < -0.39 is 5.60 Å². The van der Waals surface area contributed by atoms with E-state index >= 15 is 0 Å². The Labute approximate surface area is 104 Å². The summed E-state index contributed by atoms with van der Waals surface area (Å²) in [7, 11) is 0. The molecule has 17 heavy (non-hydrogen) atoms. The van der Waals surface area contributed by atoms with Crippen LogP contribution < -0.4 is 0 Å². The molecule has 2 heteroatoms. The molecule has 0 aromatic heterocycles. The lowest BCUT2D eigenvalue weighted by molar-refractivity contribution is -0.166. The van der Waals surface area contributed by atoms with Crippen LogP contribution in [0.3, 0.4) is 0 Å². The molecule has 0 aliphatic carbocycles. The number of carbonyl (C=O) groups excluding carboxylic acids is 1. The third-order valence-electron chi connectivity index (χ3n) is 3.21. The van der Waals surface area contributed by atoms with Gasteiger partial charge in [0.15, 0.2) is 0 Å². The van der Waals surface area contributed by atoms with Crippen molar-refractivity contribution in [2.75, 3.05) is 0 Å². The first-order valence-electron chi connectivity index (χ1n) is 6.34. The first-order valence-corrected chi connectivity index (χ1v) is 6.34. The maximum absolute atomic E-state index is 11.8. The number of carbonyl (C=O) groups is 1. The van der Waals surface area contributed by atoms with E-state index in [1.807, 2.05) is 44.2 Å². The SMILES string of the molecule is CCC(CC)(OC(=O)C(C)C)c1ccccc1. The quantitative estimate of drug-likeness (QED) is 0.722. The predicted octanol–water partition coefficient (Wildman–Crippen LogP) is 3.90. The number of ether oxygens (including phenoxy) is 1. The molecule has 0 saturated carbocycles. The third-order valence-corrected chi connectivity index (χ3v) is 3.21. The van der Waals surface area contributed by atoms with E-state index in [0.717, 1.165) is 18.4 Å². The van der Waals surface area contributed by atoms with Crippen LogP contribution >= 0.6 is 0 Å². The van der Waals surface area contributed by atoms with Crippen LogP contribution in [-0.2, 0) is 15.1 Å². The van der Waals surface area contributed by atoms with Crippen LogP contribution in [0.25, 0.3) is 0 Å². The largest absolute Gasteiger partial charge is 0.454 e. The van der Waals surface area contributed by atoms with Gasteiger partial charge in [0.25, 0.3) is 0 Å². The molecule has 0 aliphatic rings. The van der Waals surface area contributed by atoms with Gasteiger partial charge in [-0.05, 0) is 18.4 Å². The minimum absolute atomic E-state index is 0.0869. The van der Waals surface area contributed by atoms with Gasteiger partial charge < -0.3 is 4.74 Å². The van der Waals surface area contributed by atoms with Crippen LogP contribution in [0.1, 0.15) is 46.1 Å². The van der Waals surface area contributed by atoms with E-state index in [1.165, 1.54) is 0 Å². The summed E-state index contributed by atoms with van der Waals surface area (Å²) < 4.78 is 5.74. The number of hydrogen-bond donors (Lipinski definition) is 0. The molecule has 94 valence electrons. The molecule has 1 aromatic rings. The molecule has 0 N–H and O–H groups in total. The van der Waals surface area contributed by atoms with Gasteiger partial charge in [-0.15, -0.1) is 0 Å². The normalized spacial score (nSPS) is 11.6. The van der Waals surface area contributed by atoms with Crippen molar-refractivity contribution in [3.63, 3.8) is 0 Å². The molecule has 0 aliphatic heterocycles. The fraction of sp³-hybridized carbons (Fsp3) is 0.533. The molecule has 0 fully saturated rings. The lowest BCUT2D eigenvalue weighted by Gasteiger charge is -2.32. The zero-order valence-corrected chi connectivity index (χ0v) is 11.2.